The molecular weight excluding hydrogens is 202 g/mol. The average Bonchev–Trinajstić information content (AvgIpc) is 2.17. The van der Waals surface area contributed by atoms with Crippen molar-refractivity contribution in [2.45, 2.75) is 39.3 Å². The van der Waals surface area contributed by atoms with E-state index >= 15 is 0 Å². The Kier molecular flexibility index (Phi) is 3.94. The first kappa shape index (κ1) is 13.0. The van der Waals surface area contributed by atoms with E-state index in [0.29, 0.717) is 6.42 Å². The molecule has 0 saturated carbocycles. The predicted octanol–water partition coefficient (Wildman–Crippen LogP) is 2.19. The Morgan fingerprint density at radius 1 is 1.19 bits per heavy atom. The molecule has 1 aromatic rings. The standard InChI is InChI=1S/C13H21NO2/c1-13(2,3)12(14)8-11(16)9-4-6-10(15)7-5-9/h4-7,11-12,15-16H,8,14H2,1-3H3/t11-,12-/m0/s1. The lowest BCUT2D eigenvalue weighted by molar-refractivity contribution is 0.133. The summed E-state index contributed by atoms with van der Waals surface area (Å²) in [5.74, 6) is 0.205. The summed E-state index contributed by atoms with van der Waals surface area (Å²) in [7, 11) is 0. The third kappa shape index (κ3) is 3.51. The Hall–Kier alpha value is -1.06. The Labute approximate surface area is 96.9 Å². The molecule has 1 aromatic carbocycles. The number of hydrogen-bond acceptors (Lipinski definition) is 3. The van der Waals surface area contributed by atoms with Gasteiger partial charge in [-0.25, -0.2) is 0 Å². The van der Waals surface area contributed by atoms with Crippen molar-refractivity contribution >= 4 is 0 Å². The first-order chi connectivity index (χ1) is 7.30. The van der Waals surface area contributed by atoms with Gasteiger partial charge in [0.2, 0.25) is 0 Å². The van der Waals surface area contributed by atoms with Gasteiger partial charge in [-0.1, -0.05) is 32.9 Å². The minimum Gasteiger partial charge on any atom is -0.508 e. The minimum absolute atomic E-state index is 0.0160. The first-order valence-electron chi connectivity index (χ1n) is 5.53. The van der Waals surface area contributed by atoms with E-state index in [0.717, 1.165) is 5.56 Å². The van der Waals surface area contributed by atoms with E-state index < -0.39 is 6.10 Å². The lowest BCUT2D eigenvalue weighted by Crippen LogP contribution is -2.36. The van der Waals surface area contributed by atoms with Crippen molar-refractivity contribution in [3.8, 4) is 5.75 Å². The fraction of sp³-hybridized carbons (Fsp3) is 0.538. The quantitative estimate of drug-likeness (QED) is 0.736. The van der Waals surface area contributed by atoms with Gasteiger partial charge in [-0.2, -0.15) is 0 Å². The van der Waals surface area contributed by atoms with Crippen LogP contribution in [0.15, 0.2) is 24.3 Å². The Bertz CT molecular complexity index is 327. The highest BCUT2D eigenvalue weighted by Gasteiger charge is 2.23. The maximum Gasteiger partial charge on any atom is 0.115 e. The molecule has 0 aromatic heterocycles. The zero-order chi connectivity index (χ0) is 12.3. The van der Waals surface area contributed by atoms with Crippen molar-refractivity contribution in [2.75, 3.05) is 0 Å². The van der Waals surface area contributed by atoms with Gasteiger partial charge in [0.05, 0.1) is 6.10 Å². The number of nitrogens with two attached hydrogens (primary N) is 1. The second-order valence-electron chi connectivity index (χ2n) is 5.32. The SMILES string of the molecule is CC(C)(C)[C@@H](N)C[C@H](O)c1ccc(O)cc1. The normalized spacial score (nSPS) is 15.8. The molecule has 0 unspecified atom stereocenters. The average molecular weight is 223 g/mol. The van der Waals surface area contributed by atoms with Gasteiger partial charge in [0, 0.05) is 6.04 Å². The molecule has 1 rings (SSSR count). The molecule has 3 heteroatoms. The lowest BCUT2D eigenvalue weighted by atomic mass is 9.83. The number of aromatic hydroxyl groups is 1. The molecule has 0 saturated heterocycles. The van der Waals surface area contributed by atoms with Crippen molar-refractivity contribution in [3.63, 3.8) is 0 Å². The van der Waals surface area contributed by atoms with Crippen LogP contribution in [0.3, 0.4) is 0 Å². The molecule has 0 heterocycles. The van der Waals surface area contributed by atoms with E-state index in [1.165, 1.54) is 0 Å². The van der Waals surface area contributed by atoms with Gasteiger partial charge in [-0.3, -0.25) is 0 Å². The van der Waals surface area contributed by atoms with Crippen molar-refractivity contribution in [1.29, 1.82) is 0 Å². The maximum atomic E-state index is 9.98. The number of benzene rings is 1. The molecule has 0 aliphatic carbocycles. The van der Waals surface area contributed by atoms with Crippen LogP contribution in [0.2, 0.25) is 0 Å². The van der Waals surface area contributed by atoms with E-state index in [4.69, 9.17) is 10.8 Å². The molecule has 0 radical (unpaired) electrons. The summed E-state index contributed by atoms with van der Waals surface area (Å²) in [6.07, 6.45) is -0.0521. The summed E-state index contributed by atoms with van der Waals surface area (Å²) in [6, 6.07) is 6.52. The van der Waals surface area contributed by atoms with Gasteiger partial charge in [-0.15, -0.1) is 0 Å². The molecule has 3 nitrogen and oxygen atoms in total. The number of hydrogen-bond donors (Lipinski definition) is 3. The van der Waals surface area contributed by atoms with Crippen molar-refractivity contribution < 1.29 is 10.2 Å². The fourth-order valence-corrected chi connectivity index (χ4v) is 1.43. The highest BCUT2D eigenvalue weighted by atomic mass is 16.3. The smallest absolute Gasteiger partial charge is 0.115 e. The predicted molar refractivity (Wildman–Crippen MR) is 65.1 cm³/mol. The molecule has 4 N–H and O–H groups in total. The summed E-state index contributed by atoms with van der Waals surface area (Å²) in [5, 5.41) is 19.1. The van der Waals surface area contributed by atoms with Gasteiger partial charge in [0.1, 0.15) is 5.75 Å². The van der Waals surface area contributed by atoms with Crippen LogP contribution in [0.4, 0.5) is 0 Å². The molecule has 0 aliphatic heterocycles. The van der Waals surface area contributed by atoms with E-state index in [1.807, 2.05) is 0 Å². The highest BCUT2D eigenvalue weighted by molar-refractivity contribution is 5.27. The molecule has 90 valence electrons. The molecule has 0 fully saturated rings. The second-order valence-corrected chi connectivity index (χ2v) is 5.32. The van der Waals surface area contributed by atoms with Gasteiger partial charge in [0.15, 0.2) is 0 Å². The van der Waals surface area contributed by atoms with Gasteiger partial charge < -0.3 is 15.9 Å². The zero-order valence-electron chi connectivity index (χ0n) is 10.1. The minimum atomic E-state index is -0.574. The Balaban J connectivity index is 2.65. The lowest BCUT2D eigenvalue weighted by Gasteiger charge is -2.29. The van der Waals surface area contributed by atoms with Crippen LogP contribution in [0.5, 0.6) is 5.75 Å². The van der Waals surface area contributed by atoms with Crippen LogP contribution >= 0.6 is 0 Å². The van der Waals surface area contributed by atoms with Crippen LogP contribution in [-0.4, -0.2) is 16.3 Å². The van der Waals surface area contributed by atoms with Gasteiger partial charge in [0.25, 0.3) is 0 Å². The number of aliphatic hydroxyl groups is 1. The van der Waals surface area contributed by atoms with E-state index in [-0.39, 0.29) is 17.2 Å². The summed E-state index contributed by atoms with van der Waals surface area (Å²) in [6.45, 7) is 6.17. The third-order valence-electron chi connectivity index (χ3n) is 2.87. The van der Waals surface area contributed by atoms with Crippen molar-refractivity contribution in [3.05, 3.63) is 29.8 Å². The molecule has 0 spiro atoms. The van der Waals surface area contributed by atoms with Gasteiger partial charge >= 0.3 is 0 Å². The Morgan fingerprint density at radius 3 is 2.12 bits per heavy atom. The molecule has 0 bridgehead atoms. The summed E-state index contributed by atoms with van der Waals surface area (Å²) < 4.78 is 0. The second kappa shape index (κ2) is 4.85. The van der Waals surface area contributed by atoms with Crippen LogP contribution in [0, 0.1) is 5.41 Å². The van der Waals surface area contributed by atoms with Crippen LogP contribution in [0.1, 0.15) is 38.9 Å². The Morgan fingerprint density at radius 2 is 1.69 bits per heavy atom. The summed E-state index contributed by atoms with van der Waals surface area (Å²) in [5.41, 5.74) is 6.78. The molecule has 0 aliphatic rings. The fourth-order valence-electron chi connectivity index (χ4n) is 1.43. The first-order valence-corrected chi connectivity index (χ1v) is 5.53. The van der Waals surface area contributed by atoms with Crippen molar-refractivity contribution in [1.82, 2.24) is 0 Å². The van der Waals surface area contributed by atoms with Crippen LogP contribution in [-0.2, 0) is 0 Å². The largest absolute Gasteiger partial charge is 0.508 e. The molecule has 2 atom stereocenters. The summed E-state index contributed by atoms with van der Waals surface area (Å²) in [4.78, 5) is 0. The number of aliphatic hydroxyl groups excluding tert-OH is 1. The third-order valence-corrected chi connectivity index (χ3v) is 2.87. The van der Waals surface area contributed by atoms with Crippen LogP contribution < -0.4 is 5.73 Å². The monoisotopic (exact) mass is 223 g/mol. The maximum absolute atomic E-state index is 9.98. The molecule has 0 amide bonds. The van der Waals surface area contributed by atoms with E-state index in [1.54, 1.807) is 24.3 Å². The van der Waals surface area contributed by atoms with Crippen molar-refractivity contribution in [2.24, 2.45) is 11.1 Å². The summed E-state index contributed by atoms with van der Waals surface area (Å²) >= 11 is 0. The zero-order valence-corrected chi connectivity index (χ0v) is 10.1. The topological polar surface area (TPSA) is 66.5 Å². The van der Waals surface area contributed by atoms with Crippen LogP contribution in [0.25, 0.3) is 0 Å². The highest BCUT2D eigenvalue weighted by Crippen LogP contribution is 2.27. The number of phenols is 1. The van der Waals surface area contributed by atoms with E-state index in [2.05, 4.69) is 20.8 Å². The molecule has 16 heavy (non-hydrogen) atoms. The van der Waals surface area contributed by atoms with E-state index in [9.17, 15) is 5.11 Å². The molecular formula is C13H21NO2. The van der Waals surface area contributed by atoms with Gasteiger partial charge in [-0.05, 0) is 29.5 Å². The number of rotatable bonds is 3. The number of phenolic OH excluding ortho intramolecular Hbond substituents is 1.